The minimum absolute atomic E-state index is 0.278. The number of halogens is 3. The summed E-state index contributed by atoms with van der Waals surface area (Å²) in [6, 6.07) is 2.45. The monoisotopic (exact) mass is 483 g/mol. The van der Waals surface area contributed by atoms with Crippen LogP contribution in [0.5, 0.6) is 0 Å². The first kappa shape index (κ1) is 16.7. The lowest BCUT2D eigenvalue weighted by Gasteiger charge is -2.15. The van der Waals surface area contributed by atoms with Crippen molar-refractivity contribution < 1.29 is 0 Å². The molecule has 0 saturated carbocycles. The quantitative estimate of drug-likeness (QED) is 0.641. The van der Waals surface area contributed by atoms with Gasteiger partial charge < -0.3 is 5.32 Å². The fraction of sp³-hybridized carbons (Fsp3) is 0.462. The molecule has 110 valence electrons. The Morgan fingerprint density at radius 1 is 1.40 bits per heavy atom. The highest BCUT2D eigenvalue weighted by molar-refractivity contribution is 9.13. The van der Waals surface area contributed by atoms with Gasteiger partial charge in [-0.15, -0.1) is 11.3 Å². The van der Waals surface area contributed by atoms with E-state index in [0.717, 1.165) is 31.4 Å². The summed E-state index contributed by atoms with van der Waals surface area (Å²) in [5.74, 6) is 0. The molecule has 0 radical (unpaired) electrons. The second-order valence-corrected chi connectivity index (χ2v) is 8.53. The van der Waals surface area contributed by atoms with Gasteiger partial charge in [-0.25, -0.2) is 0 Å². The molecule has 0 amide bonds. The predicted molar refractivity (Wildman–Crippen MR) is 95.6 cm³/mol. The Labute approximate surface area is 148 Å². The van der Waals surface area contributed by atoms with Gasteiger partial charge in [0.15, 0.2) is 0 Å². The van der Waals surface area contributed by atoms with E-state index in [2.05, 4.69) is 75.9 Å². The summed E-state index contributed by atoms with van der Waals surface area (Å²) in [5.41, 5.74) is 2.29. The number of likely N-dealkylation sites (N-methyl/N-ethyl adjacent to an activating group) is 1. The van der Waals surface area contributed by atoms with E-state index in [1.807, 2.05) is 14.0 Å². The molecular formula is C13H16Br3N3S. The summed E-state index contributed by atoms with van der Waals surface area (Å²) in [5, 5.41) is 7.96. The van der Waals surface area contributed by atoms with E-state index in [9.17, 15) is 0 Å². The molecule has 0 spiro atoms. The highest BCUT2D eigenvalue weighted by atomic mass is 79.9. The second kappa shape index (κ2) is 7.05. The maximum absolute atomic E-state index is 4.56. The van der Waals surface area contributed by atoms with Crippen molar-refractivity contribution in [2.45, 2.75) is 32.9 Å². The average molecular weight is 486 g/mol. The largest absolute Gasteiger partial charge is 0.312 e. The van der Waals surface area contributed by atoms with Gasteiger partial charge in [-0.3, -0.25) is 4.68 Å². The van der Waals surface area contributed by atoms with Crippen LogP contribution < -0.4 is 5.32 Å². The van der Waals surface area contributed by atoms with Crippen molar-refractivity contribution >= 4 is 59.1 Å². The Bertz CT molecular complexity index is 587. The minimum Gasteiger partial charge on any atom is -0.312 e. The summed E-state index contributed by atoms with van der Waals surface area (Å²) in [6.45, 7) is 5.04. The van der Waals surface area contributed by atoms with Gasteiger partial charge >= 0.3 is 0 Å². The average Bonchev–Trinajstić information content (AvgIpc) is 2.89. The number of nitrogens with one attached hydrogen (secondary N) is 1. The van der Waals surface area contributed by atoms with Gasteiger partial charge in [0.25, 0.3) is 0 Å². The number of aromatic nitrogens is 2. The maximum Gasteiger partial charge on any atom is 0.0843 e. The summed E-state index contributed by atoms with van der Waals surface area (Å²) in [4.78, 5) is 1.31. The highest BCUT2D eigenvalue weighted by Crippen LogP contribution is 2.37. The lowest BCUT2D eigenvalue weighted by Crippen LogP contribution is -2.19. The Balaban J connectivity index is 2.31. The molecule has 0 saturated heterocycles. The molecule has 2 aromatic heterocycles. The molecule has 0 fully saturated rings. The van der Waals surface area contributed by atoms with E-state index >= 15 is 0 Å². The maximum atomic E-state index is 4.56. The van der Waals surface area contributed by atoms with Crippen LogP contribution in [0.1, 0.15) is 29.2 Å². The molecule has 0 aliphatic rings. The summed E-state index contributed by atoms with van der Waals surface area (Å²) in [6.07, 6.45) is 0.908. The van der Waals surface area contributed by atoms with Crippen LogP contribution in [0.15, 0.2) is 18.8 Å². The van der Waals surface area contributed by atoms with Crippen molar-refractivity contribution in [2.75, 3.05) is 7.05 Å². The Kier molecular flexibility index (Phi) is 5.88. The van der Waals surface area contributed by atoms with Crippen LogP contribution in [0.25, 0.3) is 0 Å². The van der Waals surface area contributed by atoms with Crippen molar-refractivity contribution in [3.63, 3.8) is 0 Å². The molecule has 1 unspecified atom stereocenters. The molecule has 1 N–H and O–H groups in total. The normalized spacial score (nSPS) is 12.9. The van der Waals surface area contributed by atoms with Crippen molar-refractivity contribution in [1.29, 1.82) is 0 Å². The SMILES string of the molecule is CCn1nc(C)c(Br)c1CC(NC)c1cc(Br)c(Br)s1. The van der Waals surface area contributed by atoms with E-state index < -0.39 is 0 Å². The number of aryl methyl sites for hydroxylation is 2. The molecule has 1 atom stereocenters. The molecule has 2 rings (SSSR count). The molecule has 7 heteroatoms. The van der Waals surface area contributed by atoms with E-state index in [1.165, 1.54) is 10.6 Å². The lowest BCUT2D eigenvalue weighted by molar-refractivity contribution is 0.545. The van der Waals surface area contributed by atoms with E-state index in [1.54, 1.807) is 11.3 Å². The van der Waals surface area contributed by atoms with Gasteiger partial charge in [-0.1, -0.05) is 0 Å². The topological polar surface area (TPSA) is 29.9 Å². The standard InChI is InChI=1S/C13H16Br3N3S/c1-4-19-10(12(15)7(2)18-19)6-9(17-3)11-5-8(14)13(16)20-11/h5,9,17H,4,6H2,1-3H3. The van der Waals surface area contributed by atoms with Crippen LogP contribution >= 0.6 is 59.1 Å². The zero-order valence-corrected chi connectivity index (χ0v) is 17.1. The first-order chi connectivity index (χ1) is 9.47. The number of rotatable bonds is 5. The number of thiophene rings is 1. The van der Waals surface area contributed by atoms with Gasteiger partial charge in [0.1, 0.15) is 0 Å². The van der Waals surface area contributed by atoms with Gasteiger partial charge in [0, 0.05) is 28.4 Å². The number of hydrogen-bond donors (Lipinski definition) is 1. The first-order valence-corrected chi connectivity index (χ1v) is 9.51. The first-order valence-electron chi connectivity index (χ1n) is 6.31. The third kappa shape index (κ3) is 3.38. The third-order valence-corrected chi connectivity index (χ3v) is 7.61. The fourth-order valence-corrected chi connectivity index (χ4v) is 4.78. The summed E-state index contributed by atoms with van der Waals surface area (Å²) >= 11 is 12.5. The molecule has 0 bridgehead atoms. The third-order valence-electron chi connectivity index (χ3n) is 3.21. The van der Waals surface area contributed by atoms with E-state index in [4.69, 9.17) is 0 Å². The van der Waals surface area contributed by atoms with Crippen LogP contribution in [-0.2, 0) is 13.0 Å². The molecule has 2 aromatic rings. The molecule has 3 nitrogen and oxygen atoms in total. The highest BCUT2D eigenvalue weighted by Gasteiger charge is 2.20. The molecule has 20 heavy (non-hydrogen) atoms. The van der Waals surface area contributed by atoms with Gasteiger partial charge in [-0.05, 0) is 74.8 Å². The predicted octanol–water partition coefficient (Wildman–Crippen LogP) is 5.06. The van der Waals surface area contributed by atoms with Crippen LogP contribution in [0.4, 0.5) is 0 Å². The summed E-state index contributed by atoms with van der Waals surface area (Å²) < 4.78 is 5.43. The van der Waals surface area contributed by atoms with E-state index in [-0.39, 0.29) is 6.04 Å². The van der Waals surface area contributed by atoms with Gasteiger partial charge in [0.05, 0.1) is 19.6 Å². The Hall–Kier alpha value is 0.310. The van der Waals surface area contributed by atoms with Crippen LogP contribution in [0, 0.1) is 6.92 Å². The van der Waals surface area contributed by atoms with Gasteiger partial charge in [0.2, 0.25) is 0 Å². The van der Waals surface area contributed by atoms with Crippen LogP contribution in [-0.4, -0.2) is 16.8 Å². The second-order valence-electron chi connectivity index (χ2n) is 4.48. The molecule has 0 aromatic carbocycles. The Morgan fingerprint density at radius 3 is 2.60 bits per heavy atom. The van der Waals surface area contributed by atoms with Crippen molar-refractivity contribution in [1.82, 2.24) is 15.1 Å². The smallest absolute Gasteiger partial charge is 0.0843 e. The minimum atomic E-state index is 0.278. The van der Waals surface area contributed by atoms with Gasteiger partial charge in [-0.2, -0.15) is 5.10 Å². The molecule has 2 heterocycles. The van der Waals surface area contributed by atoms with Crippen LogP contribution in [0.2, 0.25) is 0 Å². The van der Waals surface area contributed by atoms with Crippen molar-refractivity contribution in [3.05, 3.63) is 35.1 Å². The Morgan fingerprint density at radius 2 is 2.10 bits per heavy atom. The van der Waals surface area contributed by atoms with Crippen molar-refractivity contribution in [3.8, 4) is 0 Å². The zero-order valence-electron chi connectivity index (χ0n) is 11.5. The number of hydrogen-bond acceptors (Lipinski definition) is 3. The van der Waals surface area contributed by atoms with Crippen LogP contribution in [0.3, 0.4) is 0 Å². The van der Waals surface area contributed by atoms with Crippen molar-refractivity contribution in [2.24, 2.45) is 0 Å². The molecule has 0 aliphatic heterocycles. The number of nitrogens with zero attached hydrogens (tertiary/aromatic N) is 2. The fourth-order valence-electron chi connectivity index (χ4n) is 2.14. The molecular weight excluding hydrogens is 470 g/mol. The zero-order chi connectivity index (χ0) is 14.9. The summed E-state index contributed by atoms with van der Waals surface area (Å²) in [7, 11) is 2.00. The lowest BCUT2D eigenvalue weighted by atomic mass is 10.1. The van der Waals surface area contributed by atoms with E-state index in [0.29, 0.717) is 0 Å². The molecule has 0 aliphatic carbocycles.